The number of anilines is 2. The molecule has 0 unspecified atom stereocenters. The van der Waals surface area contributed by atoms with Gasteiger partial charge in [-0.15, -0.1) is 12.4 Å². The lowest BCUT2D eigenvalue weighted by atomic mass is 10.1. The average Bonchev–Trinajstić information content (AvgIpc) is 3.10. The molecule has 1 aliphatic rings. The lowest BCUT2D eigenvalue weighted by molar-refractivity contribution is 0.102. The topological polar surface area (TPSA) is 96.3 Å². The van der Waals surface area contributed by atoms with Crippen molar-refractivity contribution in [2.24, 2.45) is 5.73 Å². The van der Waals surface area contributed by atoms with Gasteiger partial charge in [0, 0.05) is 37.1 Å². The predicted octanol–water partition coefficient (Wildman–Crippen LogP) is 4.07. The maximum absolute atomic E-state index is 14.0. The quantitative estimate of drug-likeness (QED) is 0.504. The second-order valence-electron chi connectivity index (χ2n) is 7.03. The minimum Gasteiger partial charge on any atom is -0.494 e. The van der Waals surface area contributed by atoms with Crippen LogP contribution in [0, 0.1) is 5.82 Å². The number of nitrogens with zero attached hydrogens (tertiary/aromatic N) is 2. The number of H-pyrrole nitrogens is 1. The lowest BCUT2D eigenvalue weighted by Gasteiger charge is -2.33. The molecule has 0 aliphatic carbocycles. The largest absolute Gasteiger partial charge is 0.494 e. The number of aromatic nitrogens is 2. The Hall–Kier alpha value is -2.36. The van der Waals surface area contributed by atoms with E-state index in [1.54, 1.807) is 12.4 Å². The van der Waals surface area contributed by atoms with Gasteiger partial charge in [-0.2, -0.15) is 0 Å². The van der Waals surface area contributed by atoms with Crippen LogP contribution in [-0.4, -0.2) is 42.1 Å². The van der Waals surface area contributed by atoms with Crippen molar-refractivity contribution in [2.75, 3.05) is 30.4 Å². The van der Waals surface area contributed by atoms with Crippen molar-refractivity contribution in [1.29, 1.82) is 0 Å². The Kier molecular flexibility index (Phi) is 6.84. The zero-order chi connectivity index (χ0) is 20.5. The van der Waals surface area contributed by atoms with E-state index < -0.39 is 11.7 Å². The van der Waals surface area contributed by atoms with Crippen molar-refractivity contribution < 1.29 is 13.9 Å². The van der Waals surface area contributed by atoms with E-state index in [-0.39, 0.29) is 29.8 Å². The van der Waals surface area contributed by atoms with Crippen molar-refractivity contribution >= 4 is 56.7 Å². The number of pyridine rings is 1. The Labute approximate surface area is 187 Å². The van der Waals surface area contributed by atoms with Crippen molar-refractivity contribution in [3.05, 3.63) is 46.4 Å². The number of aromatic amines is 1. The number of piperidine rings is 1. The van der Waals surface area contributed by atoms with E-state index in [9.17, 15) is 9.18 Å². The molecule has 0 spiro atoms. The van der Waals surface area contributed by atoms with E-state index in [2.05, 4.69) is 36.1 Å². The van der Waals surface area contributed by atoms with E-state index in [0.717, 1.165) is 47.5 Å². The summed E-state index contributed by atoms with van der Waals surface area (Å²) in [5, 5.41) is 3.66. The van der Waals surface area contributed by atoms with E-state index in [0.29, 0.717) is 11.3 Å². The summed E-state index contributed by atoms with van der Waals surface area (Å²) in [6.07, 6.45) is 5.41. The number of halogens is 3. The zero-order valence-electron chi connectivity index (χ0n) is 16.2. The van der Waals surface area contributed by atoms with Crippen LogP contribution < -0.4 is 20.7 Å². The monoisotopic (exact) mass is 497 g/mol. The predicted molar refractivity (Wildman–Crippen MR) is 121 cm³/mol. The molecule has 3 heterocycles. The van der Waals surface area contributed by atoms with Gasteiger partial charge in [0.05, 0.1) is 28.3 Å². The molecular weight excluding hydrogens is 477 g/mol. The summed E-state index contributed by atoms with van der Waals surface area (Å²) >= 11 is 3.59. The second kappa shape index (κ2) is 9.20. The number of carbonyl (C=O) groups is 1. The third-order valence-corrected chi connectivity index (χ3v) is 5.65. The van der Waals surface area contributed by atoms with Crippen LogP contribution >= 0.6 is 28.3 Å². The fourth-order valence-corrected chi connectivity index (χ4v) is 4.23. The van der Waals surface area contributed by atoms with Crippen LogP contribution in [0.4, 0.5) is 15.8 Å². The van der Waals surface area contributed by atoms with E-state index in [1.165, 1.54) is 19.2 Å². The van der Waals surface area contributed by atoms with Gasteiger partial charge in [-0.25, -0.2) is 9.37 Å². The van der Waals surface area contributed by atoms with Gasteiger partial charge >= 0.3 is 0 Å². The SMILES string of the molecule is COc1ccc(C(=O)Nc2c[nH]c3ncc(Br)c(N4CCC[C@@H](N)C4)c23)cc1F.Cl. The average molecular weight is 499 g/mol. The molecule has 10 heteroatoms. The van der Waals surface area contributed by atoms with Crippen molar-refractivity contribution in [3.8, 4) is 5.75 Å². The molecule has 0 bridgehead atoms. The number of hydrogen-bond donors (Lipinski definition) is 3. The molecule has 1 amide bonds. The van der Waals surface area contributed by atoms with E-state index in [4.69, 9.17) is 10.5 Å². The third-order valence-electron chi connectivity index (χ3n) is 5.07. The molecule has 1 aliphatic heterocycles. The first kappa shape index (κ1) is 22.3. The number of fused-ring (bicyclic) bond motifs is 1. The van der Waals surface area contributed by atoms with Crippen LogP contribution in [0.1, 0.15) is 23.2 Å². The normalized spacial score (nSPS) is 16.3. The van der Waals surface area contributed by atoms with Crippen LogP contribution in [0.2, 0.25) is 0 Å². The van der Waals surface area contributed by atoms with Gasteiger partial charge in [0.2, 0.25) is 0 Å². The first-order valence-corrected chi connectivity index (χ1v) is 10.1. The first-order chi connectivity index (χ1) is 14.0. The molecule has 0 radical (unpaired) electrons. The van der Waals surface area contributed by atoms with Crippen LogP contribution in [0.5, 0.6) is 5.75 Å². The zero-order valence-corrected chi connectivity index (χ0v) is 18.6. The highest BCUT2D eigenvalue weighted by molar-refractivity contribution is 9.10. The summed E-state index contributed by atoms with van der Waals surface area (Å²) in [5.74, 6) is -0.925. The minimum absolute atomic E-state index is 0. The van der Waals surface area contributed by atoms with Crippen molar-refractivity contribution in [2.45, 2.75) is 18.9 Å². The van der Waals surface area contributed by atoms with Crippen LogP contribution in [0.3, 0.4) is 0 Å². The van der Waals surface area contributed by atoms with Gasteiger partial charge in [-0.1, -0.05) is 0 Å². The lowest BCUT2D eigenvalue weighted by Crippen LogP contribution is -2.43. The van der Waals surface area contributed by atoms with Gasteiger partial charge in [0.25, 0.3) is 5.91 Å². The number of carbonyl (C=O) groups excluding carboxylic acids is 1. The highest BCUT2D eigenvalue weighted by Crippen LogP contribution is 2.39. The van der Waals surface area contributed by atoms with Gasteiger partial charge in [-0.05, 0) is 47.0 Å². The Balaban J connectivity index is 0.00000256. The molecule has 4 rings (SSSR count). The van der Waals surface area contributed by atoms with E-state index in [1.807, 2.05) is 0 Å². The third kappa shape index (κ3) is 4.23. The minimum atomic E-state index is -0.591. The van der Waals surface area contributed by atoms with Crippen molar-refractivity contribution in [3.63, 3.8) is 0 Å². The number of nitrogens with two attached hydrogens (primary N) is 1. The number of hydrogen-bond acceptors (Lipinski definition) is 5. The Morgan fingerprint density at radius 3 is 2.97 bits per heavy atom. The molecular formula is C20H22BrClFN5O2. The summed E-state index contributed by atoms with van der Waals surface area (Å²) in [7, 11) is 1.38. The van der Waals surface area contributed by atoms with Gasteiger partial charge in [-0.3, -0.25) is 4.79 Å². The second-order valence-corrected chi connectivity index (χ2v) is 7.89. The number of rotatable bonds is 4. The Morgan fingerprint density at radius 2 is 2.27 bits per heavy atom. The molecule has 160 valence electrons. The molecule has 4 N–H and O–H groups in total. The molecule has 1 atom stereocenters. The molecule has 1 aromatic carbocycles. The molecule has 0 saturated carbocycles. The Morgan fingerprint density at radius 1 is 1.47 bits per heavy atom. The van der Waals surface area contributed by atoms with Crippen LogP contribution in [0.15, 0.2) is 35.1 Å². The number of nitrogens with one attached hydrogen (secondary N) is 2. The summed E-state index contributed by atoms with van der Waals surface area (Å²) in [6.45, 7) is 1.59. The first-order valence-electron chi connectivity index (χ1n) is 9.29. The fraction of sp³-hybridized carbons (Fsp3) is 0.300. The van der Waals surface area contributed by atoms with E-state index >= 15 is 0 Å². The van der Waals surface area contributed by atoms with Crippen molar-refractivity contribution in [1.82, 2.24) is 9.97 Å². The van der Waals surface area contributed by atoms with Crippen LogP contribution in [-0.2, 0) is 0 Å². The van der Waals surface area contributed by atoms with Gasteiger partial charge in [0.15, 0.2) is 11.6 Å². The summed E-state index contributed by atoms with van der Waals surface area (Å²) in [4.78, 5) is 22.4. The molecule has 30 heavy (non-hydrogen) atoms. The highest BCUT2D eigenvalue weighted by Gasteiger charge is 2.24. The molecule has 7 nitrogen and oxygen atoms in total. The maximum atomic E-state index is 14.0. The van der Waals surface area contributed by atoms with Gasteiger partial charge < -0.3 is 25.7 Å². The standard InChI is InChI=1S/C20H21BrFN5O2.ClH/c1-29-16-5-4-11(7-14(16)22)20(28)26-15-9-25-19-17(15)18(13(21)8-24-19)27-6-2-3-12(23)10-27;/h4-5,7-9,12H,2-3,6,10,23H2,1H3,(H,24,25)(H,26,28);1H/t12-;/m1./s1. The van der Waals surface area contributed by atoms with Crippen LogP contribution in [0.25, 0.3) is 11.0 Å². The van der Waals surface area contributed by atoms with Gasteiger partial charge in [0.1, 0.15) is 5.65 Å². The number of benzene rings is 1. The number of amides is 1. The fourth-order valence-electron chi connectivity index (χ4n) is 3.68. The molecule has 2 aromatic heterocycles. The highest BCUT2D eigenvalue weighted by atomic mass is 79.9. The molecule has 1 fully saturated rings. The molecule has 3 aromatic rings. The maximum Gasteiger partial charge on any atom is 0.255 e. The number of ether oxygens (including phenoxy) is 1. The summed E-state index contributed by atoms with van der Waals surface area (Å²) < 4.78 is 19.7. The summed E-state index contributed by atoms with van der Waals surface area (Å²) in [6, 6.07) is 4.20. The Bertz CT molecular complexity index is 1080. The summed E-state index contributed by atoms with van der Waals surface area (Å²) in [5.41, 5.74) is 8.52. The number of methoxy groups -OCH3 is 1. The smallest absolute Gasteiger partial charge is 0.255 e. The molecule has 1 saturated heterocycles.